The van der Waals surface area contributed by atoms with Crippen LogP contribution in [0.25, 0.3) is 5.69 Å². The molecule has 1 aliphatic rings. The molecule has 0 radical (unpaired) electrons. The number of ether oxygens (including phenoxy) is 1. The van der Waals surface area contributed by atoms with E-state index in [1.165, 1.54) is 12.1 Å². The van der Waals surface area contributed by atoms with Gasteiger partial charge in [0.2, 0.25) is 5.91 Å². The third-order valence-electron chi connectivity index (χ3n) is 5.79. The number of hydrogen-bond acceptors (Lipinski definition) is 5. The first kappa shape index (κ1) is 24.5. The summed E-state index contributed by atoms with van der Waals surface area (Å²) >= 11 is 6.16. The van der Waals surface area contributed by atoms with E-state index in [4.69, 9.17) is 21.4 Å². The molecule has 0 unspecified atom stereocenters. The zero-order valence-electron chi connectivity index (χ0n) is 19.4. The summed E-state index contributed by atoms with van der Waals surface area (Å²) in [6.45, 7) is 8.61. The lowest BCUT2D eigenvalue weighted by Gasteiger charge is -2.35. The van der Waals surface area contributed by atoms with Gasteiger partial charge in [-0.15, -0.1) is 11.6 Å². The molecule has 2 aromatic rings. The molecule has 7 nitrogen and oxygen atoms in total. The van der Waals surface area contributed by atoms with Gasteiger partial charge in [0, 0.05) is 52.0 Å². The van der Waals surface area contributed by atoms with Gasteiger partial charge in [-0.1, -0.05) is 6.07 Å². The number of methoxy groups -OCH3 is 1. The number of rotatable bonds is 9. The highest BCUT2D eigenvalue weighted by atomic mass is 35.5. The Kier molecular flexibility index (Phi) is 8.51. The lowest BCUT2D eigenvalue weighted by molar-refractivity contribution is -0.131. The maximum atomic E-state index is 14.0. The largest absolute Gasteiger partial charge is 0.385 e. The van der Waals surface area contributed by atoms with Crippen molar-refractivity contribution in [2.75, 3.05) is 58.4 Å². The van der Waals surface area contributed by atoms with Gasteiger partial charge in [-0.05, 0) is 45.5 Å². The monoisotopic (exact) mass is 465 g/mol. The first-order valence-electron chi connectivity index (χ1n) is 11.0. The quantitative estimate of drug-likeness (QED) is 0.421. The molecule has 0 N–H and O–H groups in total. The van der Waals surface area contributed by atoms with Gasteiger partial charge >= 0.3 is 0 Å². The van der Waals surface area contributed by atoms with Gasteiger partial charge in [-0.25, -0.2) is 9.07 Å². The van der Waals surface area contributed by atoms with E-state index in [-0.39, 0.29) is 11.7 Å². The molecule has 32 heavy (non-hydrogen) atoms. The highest BCUT2D eigenvalue weighted by Gasteiger charge is 2.28. The van der Waals surface area contributed by atoms with Crippen LogP contribution in [0.3, 0.4) is 0 Å². The minimum atomic E-state index is -0.622. The number of anilines is 1. The Bertz CT molecular complexity index is 912. The minimum absolute atomic E-state index is 0.120. The number of hydrogen-bond donors (Lipinski definition) is 0. The molecule has 1 saturated heterocycles. The highest BCUT2D eigenvalue weighted by molar-refractivity contribution is 6.30. The summed E-state index contributed by atoms with van der Waals surface area (Å²) in [4.78, 5) is 19.2. The predicted octanol–water partition coefficient (Wildman–Crippen LogP) is 3.06. The molecule has 0 bridgehead atoms. The maximum absolute atomic E-state index is 14.0. The third kappa shape index (κ3) is 5.79. The molecule has 9 heteroatoms. The summed E-state index contributed by atoms with van der Waals surface area (Å²) in [5, 5.41) is 4.15. The standard InChI is InChI=1S/C23H33ClFN5O2/c1-17(24)23(31)29(9-6-14-32-4)16-21-18(2)26-30(20-8-5-7-19(25)15-20)22(21)28-12-10-27(3)11-13-28/h5,7-8,15,17H,6,9-14,16H2,1-4H3/t17-/m0/s1. The SMILES string of the molecule is COCCCN(Cc1c(C)nn(-c2cccc(F)c2)c1N1CCN(C)CC1)C(=O)[C@H](C)Cl. The van der Waals surface area contributed by atoms with Crippen molar-refractivity contribution in [2.45, 2.75) is 32.2 Å². The molecule has 3 rings (SSSR count). The fraction of sp³-hybridized carbons (Fsp3) is 0.565. The molecule has 1 amide bonds. The summed E-state index contributed by atoms with van der Waals surface area (Å²) in [5.74, 6) is 0.479. The summed E-state index contributed by atoms with van der Waals surface area (Å²) in [7, 11) is 3.75. The van der Waals surface area contributed by atoms with Crippen LogP contribution in [-0.4, -0.2) is 84.4 Å². The van der Waals surface area contributed by atoms with E-state index in [0.717, 1.165) is 43.3 Å². The van der Waals surface area contributed by atoms with E-state index in [1.54, 1.807) is 29.7 Å². The van der Waals surface area contributed by atoms with Crippen LogP contribution >= 0.6 is 11.6 Å². The van der Waals surface area contributed by atoms with Crippen molar-refractivity contribution in [3.05, 3.63) is 41.3 Å². The predicted molar refractivity (Wildman–Crippen MR) is 125 cm³/mol. The fourth-order valence-electron chi connectivity index (χ4n) is 3.97. The molecular weight excluding hydrogens is 433 g/mol. The summed E-state index contributed by atoms with van der Waals surface area (Å²) in [6.07, 6.45) is 0.715. The van der Waals surface area contributed by atoms with Gasteiger partial charge in [0.25, 0.3) is 0 Å². The fourth-order valence-corrected chi connectivity index (χ4v) is 4.11. The number of halogens is 2. The molecule has 0 spiro atoms. The smallest absolute Gasteiger partial charge is 0.240 e. The second-order valence-electron chi connectivity index (χ2n) is 8.29. The second-order valence-corrected chi connectivity index (χ2v) is 8.95. The van der Waals surface area contributed by atoms with E-state index in [2.05, 4.69) is 16.8 Å². The van der Waals surface area contributed by atoms with Gasteiger partial charge in [0.05, 0.1) is 17.9 Å². The van der Waals surface area contributed by atoms with E-state index in [1.807, 2.05) is 13.0 Å². The molecule has 0 saturated carbocycles. The number of amides is 1. The van der Waals surface area contributed by atoms with E-state index < -0.39 is 5.38 Å². The molecular formula is C23H33ClFN5O2. The average molecular weight is 466 g/mol. The molecule has 1 aromatic carbocycles. The number of alkyl halides is 1. The molecule has 176 valence electrons. The average Bonchev–Trinajstić information content (AvgIpc) is 3.09. The van der Waals surface area contributed by atoms with Gasteiger partial charge in [-0.3, -0.25) is 4.79 Å². The van der Waals surface area contributed by atoms with Crippen molar-refractivity contribution in [1.29, 1.82) is 0 Å². The van der Waals surface area contributed by atoms with E-state index >= 15 is 0 Å². The Labute approximate surface area is 194 Å². The van der Waals surface area contributed by atoms with Gasteiger partial charge in [0.1, 0.15) is 17.0 Å². The summed E-state index contributed by atoms with van der Waals surface area (Å²) in [5.41, 5.74) is 2.44. The zero-order chi connectivity index (χ0) is 23.3. The number of benzene rings is 1. The minimum Gasteiger partial charge on any atom is -0.385 e. The van der Waals surface area contributed by atoms with Crippen LogP contribution in [0.4, 0.5) is 10.2 Å². The number of aromatic nitrogens is 2. The molecule has 2 heterocycles. The van der Waals surface area contributed by atoms with Crippen LogP contribution in [0.2, 0.25) is 0 Å². The summed E-state index contributed by atoms with van der Waals surface area (Å²) < 4.78 is 21.0. The van der Waals surface area contributed by atoms with Crippen molar-refractivity contribution in [3.8, 4) is 5.69 Å². The topological polar surface area (TPSA) is 53.8 Å². The van der Waals surface area contributed by atoms with Crippen LogP contribution in [0.5, 0.6) is 0 Å². The lowest BCUT2D eigenvalue weighted by atomic mass is 10.1. The second kappa shape index (κ2) is 11.1. The number of likely N-dealkylation sites (N-methyl/N-ethyl adjacent to an activating group) is 1. The molecule has 1 aromatic heterocycles. The first-order valence-corrected chi connectivity index (χ1v) is 11.4. The Morgan fingerprint density at radius 1 is 1.31 bits per heavy atom. The molecule has 0 aliphatic carbocycles. The number of carbonyl (C=O) groups is 1. The molecule has 1 aliphatic heterocycles. The van der Waals surface area contributed by atoms with Crippen molar-refractivity contribution in [2.24, 2.45) is 0 Å². The van der Waals surface area contributed by atoms with E-state index in [0.29, 0.717) is 31.8 Å². The van der Waals surface area contributed by atoms with Gasteiger partial charge in [-0.2, -0.15) is 5.10 Å². The normalized spacial score (nSPS) is 15.8. The Hall–Kier alpha value is -2.16. The Balaban J connectivity index is 2.02. The maximum Gasteiger partial charge on any atom is 0.240 e. The van der Waals surface area contributed by atoms with Crippen LogP contribution in [0.1, 0.15) is 24.6 Å². The number of aryl methyl sites for hydroxylation is 1. The molecule has 1 fully saturated rings. The highest BCUT2D eigenvalue weighted by Crippen LogP contribution is 2.30. The van der Waals surface area contributed by atoms with Crippen LogP contribution in [0.15, 0.2) is 24.3 Å². The number of nitrogens with zero attached hydrogens (tertiary/aromatic N) is 5. The van der Waals surface area contributed by atoms with Crippen LogP contribution in [-0.2, 0) is 16.1 Å². The molecule has 1 atom stereocenters. The Morgan fingerprint density at radius 3 is 2.66 bits per heavy atom. The zero-order valence-corrected chi connectivity index (χ0v) is 20.1. The van der Waals surface area contributed by atoms with Gasteiger partial charge in [0.15, 0.2) is 0 Å². The van der Waals surface area contributed by atoms with Crippen molar-refractivity contribution < 1.29 is 13.9 Å². The number of carbonyl (C=O) groups excluding carboxylic acids is 1. The third-order valence-corrected chi connectivity index (χ3v) is 5.98. The van der Waals surface area contributed by atoms with E-state index in [9.17, 15) is 9.18 Å². The summed E-state index contributed by atoms with van der Waals surface area (Å²) in [6, 6.07) is 6.44. The lowest BCUT2D eigenvalue weighted by Crippen LogP contribution is -2.46. The van der Waals surface area contributed by atoms with Crippen molar-refractivity contribution >= 4 is 23.3 Å². The van der Waals surface area contributed by atoms with Crippen molar-refractivity contribution in [1.82, 2.24) is 19.6 Å². The first-order chi connectivity index (χ1) is 15.3. The van der Waals surface area contributed by atoms with Crippen molar-refractivity contribution in [3.63, 3.8) is 0 Å². The van der Waals surface area contributed by atoms with Crippen LogP contribution < -0.4 is 4.90 Å². The van der Waals surface area contributed by atoms with Crippen LogP contribution in [0, 0.1) is 12.7 Å². The Morgan fingerprint density at radius 2 is 2.03 bits per heavy atom. The van der Waals surface area contributed by atoms with Gasteiger partial charge < -0.3 is 19.4 Å². The number of piperazine rings is 1.